The van der Waals surface area contributed by atoms with E-state index < -0.39 is 11.4 Å². The molecule has 0 amide bonds. The van der Waals surface area contributed by atoms with Crippen molar-refractivity contribution >= 4 is 39.9 Å². The van der Waals surface area contributed by atoms with E-state index in [-0.39, 0.29) is 0 Å². The predicted molar refractivity (Wildman–Crippen MR) is 159 cm³/mol. The van der Waals surface area contributed by atoms with Crippen LogP contribution in [0, 0.1) is 18.8 Å². The Morgan fingerprint density at radius 1 is 0.975 bits per heavy atom. The summed E-state index contributed by atoms with van der Waals surface area (Å²) in [5.41, 5.74) is 5.45. The summed E-state index contributed by atoms with van der Waals surface area (Å²) in [5, 5.41) is 4.20. The first-order chi connectivity index (χ1) is 19.6. The van der Waals surface area contributed by atoms with Crippen molar-refractivity contribution in [2.45, 2.75) is 18.4 Å². The number of anilines is 2. The standard InChI is InChI=1S/C32H26N4O3S/c1-22-9-13-26-7-5-17-33-31(26)32(22)40(38)36-28-8-4-3-6-25(28)14-10-24-18-29(30(21-37)35-20-24)34-19-23-11-15-27(39-2)16-12-23/h3-9,11-13,15-18,20-21,34,36H,19H2,1-2H3. The number of hydrogen-bond donors (Lipinski definition) is 2. The van der Waals surface area contributed by atoms with Gasteiger partial charge in [-0.2, -0.15) is 0 Å². The van der Waals surface area contributed by atoms with Gasteiger partial charge in [-0.15, -0.1) is 0 Å². The lowest BCUT2D eigenvalue weighted by Crippen LogP contribution is -2.16. The molecule has 198 valence electrons. The summed E-state index contributed by atoms with van der Waals surface area (Å²) in [6, 6.07) is 24.6. The van der Waals surface area contributed by atoms with Crippen LogP contribution in [0.4, 0.5) is 11.4 Å². The maximum Gasteiger partial charge on any atom is 0.208 e. The van der Waals surface area contributed by atoms with E-state index in [4.69, 9.17) is 4.74 Å². The van der Waals surface area contributed by atoms with E-state index in [1.165, 1.54) is 0 Å². The van der Waals surface area contributed by atoms with Crippen molar-refractivity contribution in [1.29, 1.82) is 0 Å². The molecule has 0 aliphatic heterocycles. The number of pyridine rings is 2. The normalized spacial score (nSPS) is 11.3. The van der Waals surface area contributed by atoms with Gasteiger partial charge in [-0.3, -0.25) is 9.78 Å². The third kappa shape index (κ3) is 6.07. The van der Waals surface area contributed by atoms with Crippen LogP contribution in [-0.2, 0) is 17.9 Å². The lowest BCUT2D eigenvalue weighted by atomic mass is 10.1. The van der Waals surface area contributed by atoms with Crippen LogP contribution in [0.2, 0.25) is 0 Å². The SMILES string of the molecule is COc1ccc(CNc2cc(C#Cc3ccccc3N[S+]([O-])c3c(C)ccc4cccnc34)cnc2C=O)cc1. The number of benzene rings is 3. The largest absolute Gasteiger partial charge is 0.588 e. The number of para-hydroxylation sites is 1. The minimum Gasteiger partial charge on any atom is -0.588 e. The quantitative estimate of drug-likeness (QED) is 0.142. The fourth-order valence-electron chi connectivity index (χ4n) is 4.14. The smallest absolute Gasteiger partial charge is 0.208 e. The summed E-state index contributed by atoms with van der Waals surface area (Å²) in [6.07, 6.45) is 3.98. The molecule has 40 heavy (non-hydrogen) atoms. The molecule has 0 spiro atoms. The number of nitrogens with one attached hydrogen (secondary N) is 2. The Morgan fingerprint density at radius 3 is 2.60 bits per heavy atom. The molecule has 2 aromatic heterocycles. The first-order valence-electron chi connectivity index (χ1n) is 12.5. The first-order valence-corrected chi connectivity index (χ1v) is 13.7. The van der Waals surface area contributed by atoms with Gasteiger partial charge in [-0.1, -0.05) is 54.3 Å². The van der Waals surface area contributed by atoms with Crippen molar-refractivity contribution in [3.05, 3.63) is 119 Å². The van der Waals surface area contributed by atoms with Crippen LogP contribution in [0.15, 0.2) is 96.2 Å². The van der Waals surface area contributed by atoms with E-state index >= 15 is 0 Å². The highest BCUT2D eigenvalue weighted by Gasteiger charge is 2.21. The Kier molecular flexibility index (Phi) is 8.26. The number of rotatable bonds is 8. The molecule has 7 nitrogen and oxygen atoms in total. The van der Waals surface area contributed by atoms with Crippen molar-refractivity contribution in [1.82, 2.24) is 9.97 Å². The zero-order valence-corrected chi connectivity index (χ0v) is 22.8. The highest BCUT2D eigenvalue weighted by Crippen LogP contribution is 2.28. The Morgan fingerprint density at radius 2 is 1.80 bits per heavy atom. The molecule has 0 fully saturated rings. The molecule has 2 N–H and O–H groups in total. The summed E-state index contributed by atoms with van der Waals surface area (Å²) in [6.45, 7) is 2.43. The molecule has 0 bridgehead atoms. The number of carbonyl (C=O) groups excluding carboxylic acids is 1. The molecular formula is C32H26N4O3S. The van der Waals surface area contributed by atoms with E-state index in [9.17, 15) is 9.35 Å². The van der Waals surface area contributed by atoms with Crippen molar-refractivity contribution in [2.24, 2.45) is 0 Å². The molecule has 0 aliphatic rings. The van der Waals surface area contributed by atoms with Crippen LogP contribution >= 0.6 is 0 Å². The summed E-state index contributed by atoms with van der Waals surface area (Å²) < 4.78 is 21.8. The van der Waals surface area contributed by atoms with E-state index in [2.05, 4.69) is 31.8 Å². The van der Waals surface area contributed by atoms with Crippen LogP contribution < -0.4 is 14.8 Å². The highest BCUT2D eigenvalue weighted by molar-refractivity contribution is 7.93. The molecule has 0 radical (unpaired) electrons. The number of aromatic nitrogens is 2. The van der Waals surface area contributed by atoms with E-state index in [1.807, 2.05) is 79.7 Å². The van der Waals surface area contributed by atoms with Gasteiger partial charge in [0, 0.05) is 35.5 Å². The predicted octanol–water partition coefficient (Wildman–Crippen LogP) is 5.91. The maximum absolute atomic E-state index is 13.5. The fourth-order valence-corrected chi connectivity index (χ4v) is 5.33. The molecule has 0 saturated heterocycles. The highest BCUT2D eigenvalue weighted by atomic mass is 32.2. The monoisotopic (exact) mass is 546 g/mol. The van der Waals surface area contributed by atoms with Gasteiger partial charge in [0.25, 0.3) is 0 Å². The molecular weight excluding hydrogens is 520 g/mol. The number of aryl methyl sites for hydroxylation is 1. The molecule has 0 aliphatic carbocycles. The maximum atomic E-state index is 13.5. The number of aldehydes is 1. The van der Waals surface area contributed by atoms with Crippen molar-refractivity contribution in [2.75, 3.05) is 17.1 Å². The molecule has 0 saturated carbocycles. The lowest BCUT2D eigenvalue weighted by molar-refractivity contribution is 0.112. The molecule has 8 heteroatoms. The van der Waals surface area contributed by atoms with Crippen molar-refractivity contribution in [3.63, 3.8) is 0 Å². The Bertz CT molecular complexity index is 1730. The van der Waals surface area contributed by atoms with Gasteiger partial charge >= 0.3 is 0 Å². The van der Waals surface area contributed by atoms with Gasteiger partial charge in [0.1, 0.15) is 28.3 Å². The topological polar surface area (TPSA) is 99.2 Å². The molecule has 1 atom stereocenters. The number of ether oxygens (including phenoxy) is 1. The van der Waals surface area contributed by atoms with Gasteiger partial charge in [0.2, 0.25) is 4.90 Å². The second-order valence-electron chi connectivity index (χ2n) is 8.93. The average Bonchev–Trinajstić information content (AvgIpc) is 2.99. The molecule has 5 aromatic rings. The van der Waals surface area contributed by atoms with E-state index in [1.54, 1.807) is 25.6 Å². The minimum atomic E-state index is -1.56. The Balaban J connectivity index is 1.37. The van der Waals surface area contributed by atoms with Gasteiger partial charge in [0.05, 0.1) is 24.0 Å². The molecule has 1 unspecified atom stereocenters. The summed E-state index contributed by atoms with van der Waals surface area (Å²) >= 11 is -1.56. The van der Waals surface area contributed by atoms with E-state index in [0.29, 0.717) is 51.4 Å². The Labute approximate surface area is 236 Å². The molecule has 5 rings (SSSR count). The number of hydrogen-bond acceptors (Lipinski definition) is 7. The first kappa shape index (κ1) is 26.8. The van der Waals surface area contributed by atoms with Crippen molar-refractivity contribution in [3.8, 4) is 17.6 Å². The van der Waals surface area contributed by atoms with Gasteiger partial charge in [0.15, 0.2) is 6.29 Å². The second kappa shape index (κ2) is 12.3. The summed E-state index contributed by atoms with van der Waals surface area (Å²) in [7, 11) is 1.62. The average molecular weight is 547 g/mol. The molecule has 2 heterocycles. The summed E-state index contributed by atoms with van der Waals surface area (Å²) in [5.74, 6) is 7.06. The van der Waals surface area contributed by atoms with Gasteiger partial charge < -0.3 is 14.6 Å². The van der Waals surface area contributed by atoms with Gasteiger partial charge in [-0.05, 0) is 48.9 Å². The number of methoxy groups -OCH3 is 1. The lowest BCUT2D eigenvalue weighted by Gasteiger charge is -2.15. The van der Waals surface area contributed by atoms with Crippen LogP contribution in [0.3, 0.4) is 0 Å². The van der Waals surface area contributed by atoms with E-state index in [0.717, 1.165) is 22.3 Å². The van der Waals surface area contributed by atoms with Crippen molar-refractivity contribution < 1.29 is 14.1 Å². The van der Waals surface area contributed by atoms with Crippen LogP contribution in [0.1, 0.15) is 32.7 Å². The third-order valence-electron chi connectivity index (χ3n) is 6.25. The fraction of sp³-hybridized carbons (Fsp3) is 0.0938. The second-order valence-corrected chi connectivity index (χ2v) is 10.1. The number of fused-ring (bicyclic) bond motifs is 1. The zero-order valence-electron chi connectivity index (χ0n) is 22.0. The summed E-state index contributed by atoms with van der Waals surface area (Å²) in [4.78, 5) is 21.0. The Hall–Kier alpha value is -4.84. The van der Waals surface area contributed by atoms with Crippen LogP contribution in [-0.4, -0.2) is 27.9 Å². The van der Waals surface area contributed by atoms with Crippen LogP contribution in [0.5, 0.6) is 5.75 Å². The number of carbonyl (C=O) groups is 1. The van der Waals surface area contributed by atoms with Crippen LogP contribution in [0.25, 0.3) is 10.9 Å². The third-order valence-corrected chi connectivity index (χ3v) is 7.55. The number of nitrogens with zero attached hydrogens (tertiary/aromatic N) is 2. The van der Waals surface area contributed by atoms with Gasteiger partial charge in [-0.25, -0.2) is 9.71 Å². The molecule has 3 aromatic carbocycles. The minimum absolute atomic E-state index is 0.301. The zero-order chi connectivity index (χ0) is 27.9.